The number of nitrogens with zero attached hydrogens (tertiary/aromatic N) is 3. The van der Waals surface area contributed by atoms with Crippen LogP contribution in [0.3, 0.4) is 0 Å². The molecule has 9 heteroatoms. The summed E-state index contributed by atoms with van der Waals surface area (Å²) in [6.45, 7) is 0. The van der Waals surface area contributed by atoms with Crippen LogP contribution in [0, 0.1) is 0 Å². The van der Waals surface area contributed by atoms with E-state index >= 15 is 0 Å². The van der Waals surface area contributed by atoms with Crippen LogP contribution >= 0.6 is 0 Å². The monoisotopic (exact) mass is 565 g/mol. The van der Waals surface area contributed by atoms with E-state index in [0.29, 0.717) is 28.3 Å². The first kappa shape index (κ1) is 26.1. The third kappa shape index (κ3) is 4.56. The smallest absolute Gasteiger partial charge is 0.494 e. The maximum atomic E-state index is 6.06. The zero-order valence-corrected chi connectivity index (χ0v) is 22.9. The van der Waals surface area contributed by atoms with E-state index in [4.69, 9.17) is 29.0 Å². The number of nitrogens with one attached hydrogen (secondary N) is 1. The number of H-pyrrole nitrogens is 1. The van der Waals surface area contributed by atoms with Crippen molar-refractivity contribution in [3.63, 3.8) is 0 Å². The first-order valence-electron chi connectivity index (χ1n) is 12.1. The Kier molecular flexibility index (Phi) is 7.19. The molecule has 197 valence electrons. The van der Waals surface area contributed by atoms with Crippen molar-refractivity contribution in [1.29, 1.82) is 0 Å². The molecule has 3 aromatic heterocycles. The zero-order chi connectivity index (χ0) is 26.2. The Morgan fingerprint density at radius 2 is 1.31 bits per heavy atom. The van der Waals surface area contributed by atoms with E-state index in [-0.39, 0.29) is 16.8 Å². The Labute approximate surface area is 235 Å². The van der Waals surface area contributed by atoms with Crippen LogP contribution in [0.4, 0.5) is 0 Å². The average Bonchev–Trinajstić information content (AvgIpc) is 3.72. The molecule has 0 saturated heterocycles. The largest absolute Gasteiger partial charge is 2.00 e. The van der Waals surface area contributed by atoms with Crippen LogP contribution in [0.5, 0.6) is 17.2 Å². The molecule has 6 rings (SSSR count). The Morgan fingerprint density at radius 1 is 0.692 bits per heavy atom. The molecule has 39 heavy (non-hydrogen) atoms. The minimum Gasteiger partial charge on any atom is -0.494 e. The number of hydrogen-bond acceptors (Lipinski definition) is 6. The molecule has 0 saturated carbocycles. The molecule has 8 bridgehead atoms. The number of rotatable bonds is 5. The van der Waals surface area contributed by atoms with Gasteiger partial charge >= 0.3 is 16.8 Å². The molecule has 0 aliphatic carbocycles. The number of fused-ring (bicyclic) bond motifs is 8. The van der Waals surface area contributed by atoms with Crippen LogP contribution in [0.1, 0.15) is 22.8 Å². The predicted octanol–water partition coefficient (Wildman–Crippen LogP) is 5.88. The Morgan fingerprint density at radius 3 is 1.90 bits per heavy atom. The molecular weight excluding hydrogens is 539 g/mol. The van der Waals surface area contributed by atoms with Gasteiger partial charge in [0.05, 0.1) is 55.2 Å². The minimum atomic E-state index is 0. The van der Waals surface area contributed by atoms with Gasteiger partial charge in [0.15, 0.2) is 17.0 Å². The van der Waals surface area contributed by atoms with Crippen molar-refractivity contribution in [3.05, 3.63) is 77.4 Å². The summed E-state index contributed by atoms with van der Waals surface area (Å²) in [6.07, 6.45) is 7.87. The third-order valence-electron chi connectivity index (χ3n) is 6.49. The van der Waals surface area contributed by atoms with Crippen molar-refractivity contribution < 1.29 is 35.8 Å². The number of aromatic amines is 1. The van der Waals surface area contributed by atoms with Crippen LogP contribution in [0.25, 0.3) is 57.5 Å². The second-order valence-corrected chi connectivity index (χ2v) is 8.71. The van der Waals surface area contributed by atoms with E-state index in [0.717, 1.165) is 44.9 Å². The first-order chi connectivity index (χ1) is 18.6. The molecule has 0 amide bonds. The van der Waals surface area contributed by atoms with Crippen LogP contribution < -0.4 is 19.0 Å². The van der Waals surface area contributed by atoms with E-state index in [2.05, 4.69) is 4.98 Å². The summed E-state index contributed by atoms with van der Waals surface area (Å²) >= 11 is 0. The van der Waals surface area contributed by atoms with Gasteiger partial charge in [0.1, 0.15) is 18.4 Å². The van der Waals surface area contributed by atoms with E-state index in [1.165, 1.54) is 0 Å². The fourth-order valence-electron chi connectivity index (χ4n) is 4.89. The van der Waals surface area contributed by atoms with Gasteiger partial charge in [0.2, 0.25) is 0 Å². The molecule has 0 fully saturated rings. The van der Waals surface area contributed by atoms with Crippen LogP contribution in [0.2, 0.25) is 0 Å². The Bertz CT molecular complexity index is 1770. The van der Waals surface area contributed by atoms with Crippen molar-refractivity contribution in [1.82, 2.24) is 19.7 Å². The normalized spacial score (nSPS) is 11.7. The van der Waals surface area contributed by atoms with Gasteiger partial charge < -0.3 is 24.0 Å². The van der Waals surface area contributed by atoms with Gasteiger partial charge in [-0.2, -0.15) is 4.73 Å². The van der Waals surface area contributed by atoms with Gasteiger partial charge in [-0.1, -0.05) is 30.3 Å². The standard InChI is InChI=1S/C30H26N4O4.Co/c1-35-25-17-23-15-21-11-10-19(31-21)14-20-12-13-22(32-20)16-24-26(18-8-6-5-7-9-18)29(36-2)28(34(24)38-4)30(37-3)27(25)33-23;/h5-17,33H,1-4H3;/q;+2. The fourth-order valence-corrected chi connectivity index (χ4v) is 4.89. The van der Waals surface area contributed by atoms with Crippen LogP contribution in [-0.4, -0.2) is 48.1 Å². The molecule has 0 unspecified atom stereocenters. The second kappa shape index (κ2) is 10.7. The van der Waals surface area contributed by atoms with Crippen molar-refractivity contribution in [2.45, 2.75) is 0 Å². The van der Waals surface area contributed by atoms with E-state index in [9.17, 15) is 0 Å². The number of hydrogen-bond donors (Lipinski definition) is 1. The van der Waals surface area contributed by atoms with Crippen molar-refractivity contribution in [3.8, 4) is 28.4 Å². The van der Waals surface area contributed by atoms with E-state index < -0.39 is 0 Å². The summed E-state index contributed by atoms with van der Waals surface area (Å²) in [6, 6.07) is 17.8. The van der Waals surface area contributed by atoms with Crippen LogP contribution in [0.15, 0.2) is 54.6 Å². The van der Waals surface area contributed by atoms with Crippen molar-refractivity contribution in [2.75, 3.05) is 28.4 Å². The summed E-state index contributed by atoms with van der Waals surface area (Å²) in [5.41, 5.74) is 7.80. The van der Waals surface area contributed by atoms with Gasteiger partial charge in [0, 0.05) is 11.6 Å². The fraction of sp³-hybridized carbons (Fsp3) is 0.133. The number of aromatic nitrogens is 4. The van der Waals surface area contributed by atoms with Crippen molar-refractivity contribution in [2.24, 2.45) is 0 Å². The summed E-state index contributed by atoms with van der Waals surface area (Å²) < 4.78 is 19.5. The maximum absolute atomic E-state index is 6.06. The van der Waals surface area contributed by atoms with E-state index in [1.807, 2.05) is 78.9 Å². The molecular formula is C30H26CoN4O4+2. The summed E-state index contributed by atoms with van der Waals surface area (Å²) in [5.74, 6) is 1.69. The van der Waals surface area contributed by atoms with Crippen LogP contribution in [-0.2, 0) is 16.8 Å². The topological polar surface area (TPSA) is 83.4 Å². The quantitative estimate of drug-likeness (QED) is 0.281. The first-order valence-corrected chi connectivity index (χ1v) is 12.1. The molecule has 0 atom stereocenters. The SMILES string of the molecule is COc1cc2cc3nc(cc4nc(cc5c(-c6ccccc6)c(OC)c(c(OC)c1[nH]2)n5OC)C=C4)C=C3.[Co+2]. The molecule has 4 aromatic rings. The summed E-state index contributed by atoms with van der Waals surface area (Å²) in [4.78, 5) is 19.0. The van der Waals surface area contributed by atoms with Crippen molar-refractivity contribution >= 4 is 46.4 Å². The van der Waals surface area contributed by atoms with Gasteiger partial charge in [-0.3, -0.25) is 0 Å². The van der Waals surface area contributed by atoms with Gasteiger partial charge in [-0.15, -0.1) is 0 Å². The average molecular weight is 565 g/mol. The third-order valence-corrected chi connectivity index (χ3v) is 6.49. The zero-order valence-electron chi connectivity index (χ0n) is 21.8. The minimum absolute atomic E-state index is 0. The van der Waals surface area contributed by atoms with E-state index in [1.54, 1.807) is 33.2 Å². The van der Waals surface area contributed by atoms with Gasteiger partial charge in [-0.05, 0) is 48.1 Å². The second-order valence-electron chi connectivity index (χ2n) is 8.71. The molecule has 1 radical (unpaired) electrons. The van der Waals surface area contributed by atoms with Gasteiger partial charge in [-0.25, -0.2) is 9.97 Å². The summed E-state index contributed by atoms with van der Waals surface area (Å²) in [5, 5.41) is 0. The summed E-state index contributed by atoms with van der Waals surface area (Å²) in [7, 11) is 6.49. The Balaban J connectivity index is 0.00000308. The Hall–Kier alpha value is -4.47. The number of methoxy groups -OCH3 is 3. The molecule has 5 heterocycles. The molecule has 2 aliphatic heterocycles. The predicted molar refractivity (Wildman–Crippen MR) is 150 cm³/mol. The number of benzene rings is 1. The number of ether oxygens (including phenoxy) is 3. The molecule has 1 aromatic carbocycles. The molecule has 8 nitrogen and oxygen atoms in total. The van der Waals surface area contributed by atoms with Gasteiger partial charge in [0.25, 0.3) is 0 Å². The maximum Gasteiger partial charge on any atom is 2.00 e. The molecule has 0 spiro atoms. The molecule has 2 aliphatic rings. The molecule has 1 N–H and O–H groups in total.